The molecule has 0 aromatic heterocycles. The highest BCUT2D eigenvalue weighted by Crippen LogP contribution is 2.13. The summed E-state index contributed by atoms with van der Waals surface area (Å²) in [6.07, 6.45) is 4.43. The van der Waals surface area contributed by atoms with Gasteiger partial charge in [-0.3, -0.25) is 4.79 Å². The molecule has 4 heteroatoms. The van der Waals surface area contributed by atoms with Crippen LogP contribution in [0.25, 0.3) is 0 Å². The Bertz CT molecular complexity index is 489. The van der Waals surface area contributed by atoms with Gasteiger partial charge in [-0.2, -0.15) is 0 Å². The summed E-state index contributed by atoms with van der Waals surface area (Å²) in [5, 5.41) is 11.9. The summed E-state index contributed by atoms with van der Waals surface area (Å²) in [5.74, 6) is -1.37. The number of rotatable bonds is 8. The van der Waals surface area contributed by atoms with E-state index >= 15 is 0 Å². The van der Waals surface area contributed by atoms with Crippen LogP contribution in [-0.2, 0) is 4.79 Å². The third kappa shape index (κ3) is 5.26. The summed E-state index contributed by atoms with van der Waals surface area (Å²) in [4.78, 5) is 22.5. The third-order valence-electron chi connectivity index (χ3n) is 2.95. The summed E-state index contributed by atoms with van der Waals surface area (Å²) in [7, 11) is 0. The molecule has 1 rings (SSSR count). The highest BCUT2D eigenvalue weighted by molar-refractivity contribution is 6.10. The summed E-state index contributed by atoms with van der Waals surface area (Å²) in [5.41, 5.74) is 1.69. The molecule has 0 heterocycles. The largest absolute Gasteiger partial charge is 0.478 e. The van der Waals surface area contributed by atoms with E-state index in [0.717, 1.165) is 24.7 Å². The Kier molecular flexibility index (Phi) is 6.50. The van der Waals surface area contributed by atoms with Crippen molar-refractivity contribution in [1.29, 1.82) is 0 Å². The molecule has 0 aliphatic carbocycles. The molecule has 0 saturated heterocycles. The molecular formula is C16H21NO3. The number of unbranched alkanes of at least 4 members (excludes halogenated alkanes) is 2. The Morgan fingerprint density at radius 2 is 1.85 bits per heavy atom. The molecule has 1 aromatic rings. The van der Waals surface area contributed by atoms with Gasteiger partial charge in [-0.05, 0) is 37.6 Å². The summed E-state index contributed by atoms with van der Waals surface area (Å²) in [6, 6.07) is 7.10. The Morgan fingerprint density at radius 1 is 1.20 bits per heavy atom. The van der Waals surface area contributed by atoms with Crippen molar-refractivity contribution in [2.75, 3.05) is 11.9 Å². The van der Waals surface area contributed by atoms with E-state index in [4.69, 9.17) is 5.11 Å². The van der Waals surface area contributed by atoms with Crippen molar-refractivity contribution < 1.29 is 14.7 Å². The fourth-order valence-electron chi connectivity index (χ4n) is 1.83. The number of hydrogen-bond acceptors (Lipinski definition) is 3. The molecule has 20 heavy (non-hydrogen) atoms. The van der Waals surface area contributed by atoms with E-state index in [-0.39, 0.29) is 11.4 Å². The second kappa shape index (κ2) is 8.15. The molecule has 0 bridgehead atoms. The van der Waals surface area contributed by atoms with E-state index in [0.29, 0.717) is 5.56 Å². The molecule has 0 saturated carbocycles. The van der Waals surface area contributed by atoms with Crippen molar-refractivity contribution >= 4 is 17.4 Å². The molecule has 4 nitrogen and oxygen atoms in total. The number of aliphatic carboxylic acids is 1. The minimum Gasteiger partial charge on any atom is -0.478 e. The van der Waals surface area contributed by atoms with Gasteiger partial charge < -0.3 is 10.4 Å². The van der Waals surface area contributed by atoms with Crippen LogP contribution in [0.5, 0.6) is 0 Å². The van der Waals surface area contributed by atoms with Crippen LogP contribution in [0, 0.1) is 0 Å². The van der Waals surface area contributed by atoms with Crippen LogP contribution in [0.2, 0.25) is 0 Å². The van der Waals surface area contributed by atoms with Crippen molar-refractivity contribution in [2.24, 2.45) is 0 Å². The molecule has 2 N–H and O–H groups in total. The lowest BCUT2D eigenvalue weighted by molar-refractivity contribution is -0.131. The molecule has 0 spiro atoms. The smallest absolute Gasteiger partial charge is 0.328 e. The lowest BCUT2D eigenvalue weighted by atomic mass is 10.0. The van der Waals surface area contributed by atoms with Crippen molar-refractivity contribution in [3.63, 3.8) is 0 Å². The van der Waals surface area contributed by atoms with Crippen molar-refractivity contribution in [3.05, 3.63) is 41.5 Å². The zero-order valence-electron chi connectivity index (χ0n) is 12.0. The maximum absolute atomic E-state index is 11.9. The van der Waals surface area contributed by atoms with Gasteiger partial charge in [0.15, 0.2) is 5.78 Å². The number of carboxylic acid groups (broad SMARTS) is 1. The van der Waals surface area contributed by atoms with E-state index < -0.39 is 5.97 Å². The summed E-state index contributed by atoms with van der Waals surface area (Å²) < 4.78 is 0. The summed E-state index contributed by atoms with van der Waals surface area (Å²) >= 11 is 0. The number of benzene rings is 1. The number of Topliss-reactive ketones (excluding diaryl/α,β-unsaturated/α-hetero) is 1. The number of nitrogens with one attached hydrogen (secondary N) is 1. The Hall–Kier alpha value is -2.10. The maximum atomic E-state index is 11.9. The molecule has 0 atom stereocenters. The first-order valence-corrected chi connectivity index (χ1v) is 6.84. The molecule has 0 aliphatic heterocycles. The molecule has 0 amide bonds. The normalized spacial score (nSPS) is 11.2. The van der Waals surface area contributed by atoms with Crippen LogP contribution in [0.3, 0.4) is 0 Å². The van der Waals surface area contributed by atoms with Crippen LogP contribution < -0.4 is 5.32 Å². The fraction of sp³-hybridized carbons (Fsp3) is 0.375. The van der Waals surface area contributed by atoms with Crippen molar-refractivity contribution in [3.8, 4) is 0 Å². The molecule has 0 fully saturated rings. The minimum atomic E-state index is -1.11. The molecule has 0 radical (unpaired) electrons. The van der Waals surface area contributed by atoms with Crippen molar-refractivity contribution in [1.82, 2.24) is 0 Å². The van der Waals surface area contributed by atoms with E-state index in [9.17, 15) is 9.59 Å². The van der Waals surface area contributed by atoms with Crippen LogP contribution in [0.4, 0.5) is 5.69 Å². The van der Waals surface area contributed by atoms with Crippen LogP contribution in [-0.4, -0.2) is 23.4 Å². The first-order chi connectivity index (χ1) is 9.54. The molecule has 0 unspecified atom stereocenters. The topological polar surface area (TPSA) is 66.4 Å². The third-order valence-corrected chi connectivity index (χ3v) is 2.95. The first-order valence-electron chi connectivity index (χ1n) is 6.84. The predicted octanol–water partition coefficient (Wildman–Crippen LogP) is 3.50. The number of ketones is 1. The van der Waals surface area contributed by atoms with Gasteiger partial charge in [0.25, 0.3) is 0 Å². The van der Waals surface area contributed by atoms with Gasteiger partial charge >= 0.3 is 5.97 Å². The predicted molar refractivity (Wildman–Crippen MR) is 80.2 cm³/mol. The zero-order chi connectivity index (χ0) is 15.0. The summed E-state index contributed by atoms with van der Waals surface area (Å²) in [6.45, 7) is 4.58. The van der Waals surface area contributed by atoms with Crippen LogP contribution >= 0.6 is 0 Å². The monoisotopic (exact) mass is 275 g/mol. The van der Waals surface area contributed by atoms with E-state index in [1.54, 1.807) is 12.1 Å². The van der Waals surface area contributed by atoms with Gasteiger partial charge in [-0.25, -0.2) is 4.79 Å². The number of carbonyl (C=O) groups excluding carboxylic acids is 1. The molecule has 0 aliphatic rings. The zero-order valence-corrected chi connectivity index (χ0v) is 12.0. The average Bonchev–Trinajstić information content (AvgIpc) is 2.43. The van der Waals surface area contributed by atoms with Crippen molar-refractivity contribution in [2.45, 2.75) is 33.1 Å². The highest BCUT2D eigenvalue weighted by Gasteiger charge is 2.09. The van der Waals surface area contributed by atoms with E-state index in [1.807, 2.05) is 12.1 Å². The second-order valence-corrected chi connectivity index (χ2v) is 4.71. The Morgan fingerprint density at radius 3 is 2.40 bits per heavy atom. The van der Waals surface area contributed by atoms with E-state index in [2.05, 4.69) is 12.2 Å². The Balaban J connectivity index is 2.62. The van der Waals surface area contributed by atoms with Crippen LogP contribution in [0.1, 0.15) is 43.5 Å². The highest BCUT2D eigenvalue weighted by atomic mass is 16.4. The van der Waals surface area contributed by atoms with Gasteiger partial charge in [0.05, 0.1) is 0 Å². The Labute approximate surface area is 119 Å². The number of carbonyl (C=O) groups is 2. The maximum Gasteiger partial charge on any atom is 0.328 e. The second-order valence-electron chi connectivity index (χ2n) is 4.71. The van der Waals surface area contributed by atoms with Gasteiger partial charge in [0, 0.05) is 29.4 Å². The SMILES string of the molecule is CCCCCNc1ccc(C(=O)C(C)=CC(=O)O)cc1. The molecule has 108 valence electrons. The van der Waals surface area contributed by atoms with Gasteiger partial charge in [-0.1, -0.05) is 19.8 Å². The standard InChI is InChI=1S/C16H21NO3/c1-3-4-5-10-17-14-8-6-13(7-9-14)16(20)12(2)11-15(18)19/h6-9,11,17H,3-5,10H2,1-2H3,(H,18,19). The van der Waals surface area contributed by atoms with Gasteiger partial charge in [0.1, 0.15) is 0 Å². The van der Waals surface area contributed by atoms with Gasteiger partial charge in [-0.15, -0.1) is 0 Å². The minimum absolute atomic E-state index is 0.223. The quantitative estimate of drug-likeness (QED) is 0.433. The molecular weight excluding hydrogens is 254 g/mol. The number of carboxylic acids is 1. The number of hydrogen-bond donors (Lipinski definition) is 2. The average molecular weight is 275 g/mol. The van der Waals surface area contributed by atoms with E-state index in [1.165, 1.54) is 19.8 Å². The fourth-order valence-corrected chi connectivity index (χ4v) is 1.83. The number of anilines is 1. The number of allylic oxidation sites excluding steroid dienone is 1. The first kappa shape index (κ1) is 16.0. The van der Waals surface area contributed by atoms with Gasteiger partial charge in [0.2, 0.25) is 0 Å². The van der Waals surface area contributed by atoms with Crippen LogP contribution in [0.15, 0.2) is 35.9 Å². The molecule has 1 aromatic carbocycles. The lowest BCUT2D eigenvalue weighted by Gasteiger charge is -2.07. The lowest BCUT2D eigenvalue weighted by Crippen LogP contribution is -2.04.